The van der Waals surface area contributed by atoms with Gasteiger partial charge in [-0.1, -0.05) is 25.7 Å². The highest BCUT2D eigenvalue weighted by Crippen LogP contribution is 2.48. The summed E-state index contributed by atoms with van der Waals surface area (Å²) in [4.78, 5) is 126. The first-order valence-corrected chi connectivity index (χ1v) is 39.2. The fourth-order valence-electron chi connectivity index (χ4n) is 12.1. The zero-order valence-corrected chi connectivity index (χ0v) is 60.4. The lowest BCUT2D eigenvalue weighted by Crippen LogP contribution is -2.64. The Morgan fingerprint density at radius 1 is 0.576 bits per heavy atom. The minimum absolute atomic E-state index is 0.00766. The van der Waals surface area contributed by atoms with Crippen molar-refractivity contribution < 1.29 is 131 Å². The van der Waals surface area contributed by atoms with Crippen molar-refractivity contribution in [3.8, 4) is 0 Å². The van der Waals surface area contributed by atoms with Crippen LogP contribution >= 0.6 is 27.2 Å². The third-order valence-electron chi connectivity index (χ3n) is 17.3. The van der Waals surface area contributed by atoms with Gasteiger partial charge in [-0.2, -0.15) is 12.6 Å². The monoisotopic (exact) mass is 1500 g/mol. The molecule has 0 saturated carbocycles. The van der Waals surface area contributed by atoms with Gasteiger partial charge in [0.05, 0.1) is 63.9 Å². The molecule has 0 bridgehead atoms. The molecule has 0 aromatic heterocycles. The lowest BCUT2D eigenvalue weighted by atomic mass is 9.93. The first kappa shape index (κ1) is 88.1. The van der Waals surface area contributed by atoms with Gasteiger partial charge in [0.2, 0.25) is 35.4 Å². The quantitative estimate of drug-likeness (QED) is 0.0211. The number of rotatable bonds is 51. The third kappa shape index (κ3) is 33.1. The van der Waals surface area contributed by atoms with Gasteiger partial charge in [0, 0.05) is 104 Å². The summed E-state index contributed by atoms with van der Waals surface area (Å²) in [6, 6.07) is -3.62. The topological polar surface area (TPSA) is 484 Å². The number of unbranched alkanes of at least 4 members (excludes halogenated alkanes) is 8. The van der Waals surface area contributed by atoms with E-state index in [-0.39, 0.29) is 120 Å². The Hall–Kier alpha value is -3.33. The Kier molecular flexibility index (Phi) is 42.0. The van der Waals surface area contributed by atoms with Crippen molar-refractivity contribution in [2.75, 3.05) is 84.8 Å². The summed E-state index contributed by atoms with van der Waals surface area (Å²) in [5.41, 5.74) is 0. The minimum atomic E-state index is -4.77. The van der Waals surface area contributed by atoms with Gasteiger partial charge < -0.3 is 110 Å². The molecule has 4 saturated heterocycles. The Morgan fingerprint density at radius 2 is 1.07 bits per heavy atom. The number of amides is 6. The highest BCUT2D eigenvalue weighted by atomic mass is 32.5. The fourth-order valence-corrected chi connectivity index (χ4v) is 14.3. The van der Waals surface area contributed by atoms with E-state index in [1.54, 1.807) is 0 Å². The second kappa shape index (κ2) is 47.2. The number of ketones is 2. The lowest BCUT2D eigenvalue weighted by molar-refractivity contribution is -0.270. The van der Waals surface area contributed by atoms with Crippen LogP contribution in [0.25, 0.3) is 0 Å². The first-order chi connectivity index (χ1) is 47.1. The molecule has 0 aromatic carbocycles. The maximum Gasteiger partial charge on any atom is 0.472 e. The van der Waals surface area contributed by atoms with Crippen molar-refractivity contribution in [1.82, 2.24) is 31.1 Å². The van der Waals surface area contributed by atoms with E-state index in [0.717, 1.165) is 0 Å². The van der Waals surface area contributed by atoms with Crippen molar-refractivity contribution in [3.05, 3.63) is 0 Å². The number of hydrogen-bond donors (Lipinski definition) is 15. The molecule has 572 valence electrons. The molecule has 99 heavy (non-hydrogen) atoms. The highest BCUT2D eigenvalue weighted by molar-refractivity contribution is 8.07. The van der Waals surface area contributed by atoms with Gasteiger partial charge in [0.25, 0.3) is 0 Å². The number of likely N-dealkylation sites (tertiary alicyclic amines) is 2. The number of carbonyl (C=O) groups excluding carboxylic acids is 8. The molecule has 4 fully saturated rings. The molecule has 6 amide bonds. The summed E-state index contributed by atoms with van der Waals surface area (Å²) < 4.78 is 57.1. The number of ether oxygens (including phenoxy) is 4. The molecule has 4 aliphatic heterocycles. The maximum atomic E-state index is 13.6. The summed E-state index contributed by atoms with van der Waals surface area (Å²) in [7, 11) is -4.77. The largest absolute Gasteiger partial charge is 0.472 e. The zero-order valence-electron chi connectivity index (χ0n) is 56.9. The zero-order chi connectivity index (χ0) is 73.1. The second-order valence-corrected chi connectivity index (χ2v) is 30.2. The third-order valence-corrected chi connectivity index (χ3v) is 20.3. The van der Waals surface area contributed by atoms with Crippen molar-refractivity contribution in [2.45, 2.75) is 254 Å². The number of aliphatic hydroxyl groups is 8. The van der Waals surface area contributed by atoms with E-state index in [1.165, 1.54) is 23.6 Å². The Morgan fingerprint density at radius 3 is 1.64 bits per heavy atom. The molecule has 37 heteroatoms. The average Bonchev–Trinajstić information content (AvgIpc) is 1.67. The molecular weight excluding hydrogens is 1390 g/mol. The number of phosphoric acid groups is 1. The molecular formula is C62H110N6O27P2S2. The number of nitrogens with one attached hydrogen (secondary N) is 4. The fraction of sp³-hybridized carbons (Fsp3) is 0.871. The van der Waals surface area contributed by atoms with E-state index < -0.39 is 144 Å². The van der Waals surface area contributed by atoms with Crippen LogP contribution in [0.15, 0.2) is 0 Å². The van der Waals surface area contributed by atoms with Gasteiger partial charge in [-0.25, -0.2) is 4.57 Å². The van der Waals surface area contributed by atoms with Crippen LogP contribution in [0, 0.1) is 5.92 Å². The summed E-state index contributed by atoms with van der Waals surface area (Å²) in [6.45, 7) is -3.16. The smallest absolute Gasteiger partial charge is 0.394 e. The van der Waals surface area contributed by atoms with Crippen molar-refractivity contribution in [3.63, 3.8) is 0 Å². The van der Waals surface area contributed by atoms with Gasteiger partial charge in [-0.05, 0) is 101 Å². The second-order valence-electron chi connectivity index (χ2n) is 25.5. The average molecular weight is 1500 g/mol. The van der Waals surface area contributed by atoms with Crippen LogP contribution < -0.4 is 21.3 Å². The summed E-state index contributed by atoms with van der Waals surface area (Å²) in [6.07, 6.45) is -3.32. The summed E-state index contributed by atoms with van der Waals surface area (Å²) in [5.74, 6) is -2.40. The van der Waals surface area contributed by atoms with Gasteiger partial charge in [0.15, 0.2) is 12.6 Å². The molecule has 0 radical (unpaired) electrons. The number of phosphoric ester groups is 1. The van der Waals surface area contributed by atoms with Crippen LogP contribution in [0.4, 0.5) is 0 Å². The number of carbonyl (C=O) groups is 8. The molecule has 4 rings (SSSR count). The van der Waals surface area contributed by atoms with Gasteiger partial charge in [0.1, 0.15) is 60.3 Å². The van der Waals surface area contributed by atoms with Gasteiger partial charge >= 0.3 is 14.5 Å². The lowest BCUT2D eigenvalue weighted by Gasteiger charge is -2.42. The van der Waals surface area contributed by atoms with E-state index in [4.69, 9.17) is 54.0 Å². The first-order valence-electron chi connectivity index (χ1n) is 34.5. The standard InChI is InChI=1S/C62H110N6O27P2S2/c1-40(72)65-54-58(82)56(80)49(36-70)93-61(54)88-27-14-10-20-46(75)31-42(17-9-13-24-63-51(77)21-11-15-28-89-62-55(66-41(2)73)59(83)57(81)50(37-71)94-62)60(84)64-25-12-5-7-19-45(74)18-6-3-4-8-22-52(78)67-34-47(76)32-43(67)38-91-96(85,86)95-48-33-44(39-92-97(87,99)90-29-26-69)68(35-48)53(79)23-16-30-98/h42-44,47-50,54-59,61-62,69-71,76,80-83,98H,3-39H2,1-2H3,(H,63,77)(H,64,84)(H,65,72)(H,66,73)(H,85,86)(H,87,99)/t42-,43?,44?,47-,48-,49?,50?,54?,55?,56+,57?,58-,59-,61-,62-,97?/m1/s1. The van der Waals surface area contributed by atoms with Crippen LogP contribution in [0.1, 0.15) is 168 Å². The van der Waals surface area contributed by atoms with Crippen LogP contribution in [0.3, 0.4) is 0 Å². The molecule has 17 atom stereocenters. The Labute approximate surface area is 589 Å². The summed E-state index contributed by atoms with van der Waals surface area (Å²) in [5, 5.41) is 91.1. The molecule has 4 heterocycles. The van der Waals surface area contributed by atoms with Crippen molar-refractivity contribution >= 4 is 86.0 Å². The van der Waals surface area contributed by atoms with Gasteiger partial charge in [-0.3, -0.25) is 47.4 Å². The molecule has 33 nitrogen and oxygen atoms in total. The van der Waals surface area contributed by atoms with E-state index in [9.17, 15) is 88.5 Å². The van der Waals surface area contributed by atoms with E-state index in [2.05, 4.69) is 33.9 Å². The van der Waals surface area contributed by atoms with Crippen LogP contribution in [-0.2, 0) is 91.8 Å². The number of hydrogen-bond acceptors (Lipinski definition) is 27. The Bertz CT molecular complexity index is 2580. The molecule has 4 aliphatic rings. The number of aliphatic hydroxyl groups excluding tert-OH is 8. The van der Waals surface area contributed by atoms with Crippen LogP contribution in [-0.4, -0.2) is 278 Å². The highest BCUT2D eigenvalue weighted by Gasteiger charge is 2.47. The van der Waals surface area contributed by atoms with E-state index in [0.29, 0.717) is 128 Å². The predicted octanol–water partition coefficient (Wildman–Crippen LogP) is -0.287. The normalized spacial score (nSPS) is 27.0. The van der Waals surface area contributed by atoms with Crippen molar-refractivity contribution in [2.24, 2.45) is 5.92 Å². The minimum Gasteiger partial charge on any atom is -0.394 e. The number of β-amino-alcohol motifs (C(OH)–C–C–N with tert-alkyl or cyclic N) is 1. The molecule has 9 unspecified atom stereocenters. The Balaban J connectivity index is 1.15. The SMILES string of the molecule is CC(=O)NC1[C@H](OCCCCC(=O)NCCCC[C@H](CC(=O)CCCCO[C@@H]2OC(CO)[C@H](O)[C@H](O)C2NC(C)=O)C(=O)NCCCCCC(=O)CCCCCCC(=O)N2C[C@H](O)CC2COP(=O)(O)O[C@@H]2CC(COP(O)(=S)OCCO)N(C(=O)CCCS)C2)OC(CO)C(O)[C@@H]1O. The van der Waals surface area contributed by atoms with E-state index >= 15 is 0 Å². The molecule has 0 aromatic rings. The molecule has 14 N–H and O–H groups in total. The number of nitrogens with zero attached hydrogens (tertiary/aromatic N) is 2. The van der Waals surface area contributed by atoms with Gasteiger partial charge in [-0.15, -0.1) is 0 Å². The number of Topliss-reactive ketones (excluding diaryl/α,β-unsaturated/α-hetero) is 2. The van der Waals surface area contributed by atoms with Crippen molar-refractivity contribution in [1.29, 1.82) is 0 Å². The predicted molar refractivity (Wildman–Crippen MR) is 360 cm³/mol. The maximum absolute atomic E-state index is 13.6. The summed E-state index contributed by atoms with van der Waals surface area (Å²) >= 11 is 9.13. The van der Waals surface area contributed by atoms with E-state index in [1.807, 2.05) is 0 Å². The molecule has 0 spiro atoms. The number of thiol groups is 1. The van der Waals surface area contributed by atoms with Crippen LogP contribution in [0.5, 0.6) is 0 Å². The molecule has 0 aliphatic carbocycles. The van der Waals surface area contributed by atoms with Crippen LogP contribution in [0.2, 0.25) is 0 Å².